The van der Waals surface area contributed by atoms with Gasteiger partial charge in [0.05, 0.1) is 11.6 Å². The molecule has 0 aliphatic carbocycles. The molecule has 0 saturated carbocycles. The lowest BCUT2D eigenvalue weighted by Gasteiger charge is -2.39. The number of nitriles is 1. The largest absolute Gasteiger partial charge is 0.369 e. The minimum Gasteiger partial charge on any atom is -0.369 e. The van der Waals surface area contributed by atoms with Crippen LogP contribution in [-0.2, 0) is 0 Å². The number of anilines is 1. The topological polar surface area (TPSA) is 30.3 Å². The first kappa shape index (κ1) is 11.9. The Balaban J connectivity index is 2.23. The molecule has 1 aliphatic heterocycles. The number of hydrogen-bond acceptors (Lipinski definition) is 3. The van der Waals surface area contributed by atoms with Crippen molar-refractivity contribution < 1.29 is 4.39 Å². The van der Waals surface area contributed by atoms with Gasteiger partial charge in [0.1, 0.15) is 5.82 Å². The van der Waals surface area contributed by atoms with Gasteiger partial charge in [0.15, 0.2) is 0 Å². The third-order valence-corrected chi connectivity index (χ3v) is 3.34. The molecule has 90 valence electrons. The van der Waals surface area contributed by atoms with E-state index in [1.165, 1.54) is 12.1 Å². The number of piperazine rings is 1. The van der Waals surface area contributed by atoms with Gasteiger partial charge in [-0.15, -0.1) is 0 Å². The Kier molecular flexibility index (Phi) is 3.30. The molecule has 0 radical (unpaired) electrons. The minimum absolute atomic E-state index is 0.342. The van der Waals surface area contributed by atoms with Gasteiger partial charge in [-0.05, 0) is 32.2 Å². The highest BCUT2D eigenvalue weighted by Crippen LogP contribution is 2.21. The normalized spacial score (nSPS) is 21.3. The minimum atomic E-state index is -0.342. The zero-order valence-electron chi connectivity index (χ0n) is 10.2. The molecule has 0 amide bonds. The third-order valence-electron chi connectivity index (χ3n) is 3.34. The van der Waals surface area contributed by atoms with Crippen LogP contribution in [0.5, 0.6) is 0 Å². The molecule has 0 bridgehead atoms. The van der Waals surface area contributed by atoms with Gasteiger partial charge in [-0.3, -0.25) is 0 Å². The maximum Gasteiger partial charge on any atom is 0.126 e. The first-order chi connectivity index (χ1) is 8.10. The fourth-order valence-corrected chi connectivity index (χ4v) is 2.10. The summed E-state index contributed by atoms with van der Waals surface area (Å²) < 4.78 is 13.4. The predicted octanol–water partition coefficient (Wildman–Crippen LogP) is 1.84. The van der Waals surface area contributed by atoms with Crippen LogP contribution >= 0.6 is 0 Å². The number of rotatable bonds is 1. The Morgan fingerprint density at radius 3 is 2.76 bits per heavy atom. The van der Waals surface area contributed by atoms with E-state index in [9.17, 15) is 4.39 Å². The lowest BCUT2D eigenvalue weighted by atomic mass is 10.1. The van der Waals surface area contributed by atoms with E-state index in [4.69, 9.17) is 5.26 Å². The van der Waals surface area contributed by atoms with Crippen molar-refractivity contribution in [1.29, 1.82) is 5.26 Å². The van der Waals surface area contributed by atoms with Gasteiger partial charge in [0.25, 0.3) is 0 Å². The first-order valence-electron chi connectivity index (χ1n) is 5.76. The predicted molar refractivity (Wildman–Crippen MR) is 65.4 cm³/mol. The van der Waals surface area contributed by atoms with Crippen molar-refractivity contribution in [1.82, 2.24) is 4.90 Å². The second kappa shape index (κ2) is 4.72. The average molecular weight is 233 g/mol. The molecule has 2 rings (SSSR count). The van der Waals surface area contributed by atoms with Crippen LogP contribution in [0.15, 0.2) is 18.2 Å². The molecule has 1 aliphatic rings. The third kappa shape index (κ3) is 2.56. The van der Waals surface area contributed by atoms with Gasteiger partial charge >= 0.3 is 0 Å². The van der Waals surface area contributed by atoms with E-state index in [2.05, 4.69) is 23.8 Å². The molecule has 1 aromatic rings. The number of hydrogen-bond donors (Lipinski definition) is 0. The van der Waals surface area contributed by atoms with E-state index in [0.29, 0.717) is 11.6 Å². The molecule has 0 spiro atoms. The smallest absolute Gasteiger partial charge is 0.126 e. The highest BCUT2D eigenvalue weighted by molar-refractivity contribution is 5.52. The maximum absolute atomic E-state index is 13.4. The summed E-state index contributed by atoms with van der Waals surface area (Å²) in [5.41, 5.74) is 1.19. The number of benzene rings is 1. The van der Waals surface area contributed by atoms with E-state index in [1.807, 2.05) is 6.07 Å². The van der Waals surface area contributed by atoms with Crippen molar-refractivity contribution in [2.24, 2.45) is 0 Å². The van der Waals surface area contributed by atoms with Crippen molar-refractivity contribution in [2.75, 3.05) is 31.6 Å². The van der Waals surface area contributed by atoms with Crippen molar-refractivity contribution in [3.63, 3.8) is 0 Å². The molecule has 1 unspecified atom stereocenters. The van der Waals surface area contributed by atoms with Crippen LogP contribution in [0.4, 0.5) is 10.1 Å². The fraction of sp³-hybridized carbons (Fsp3) is 0.462. The Bertz CT molecular complexity index is 452. The van der Waals surface area contributed by atoms with Crippen molar-refractivity contribution in [2.45, 2.75) is 13.0 Å². The average Bonchev–Trinajstić information content (AvgIpc) is 2.32. The van der Waals surface area contributed by atoms with Crippen LogP contribution in [0.25, 0.3) is 0 Å². The first-order valence-corrected chi connectivity index (χ1v) is 5.76. The van der Waals surface area contributed by atoms with Gasteiger partial charge in [-0.1, -0.05) is 0 Å². The molecular formula is C13H16FN3. The number of nitrogens with zero attached hydrogens (tertiary/aromatic N) is 3. The van der Waals surface area contributed by atoms with Crippen LogP contribution in [0, 0.1) is 17.1 Å². The zero-order valence-corrected chi connectivity index (χ0v) is 10.2. The van der Waals surface area contributed by atoms with E-state index >= 15 is 0 Å². The van der Waals surface area contributed by atoms with Crippen LogP contribution in [-0.4, -0.2) is 37.6 Å². The monoisotopic (exact) mass is 233 g/mol. The molecule has 1 saturated heterocycles. The Morgan fingerprint density at radius 1 is 1.35 bits per heavy atom. The summed E-state index contributed by atoms with van der Waals surface area (Å²) in [4.78, 5) is 4.41. The van der Waals surface area contributed by atoms with Crippen LogP contribution in [0.1, 0.15) is 12.5 Å². The van der Waals surface area contributed by atoms with E-state index in [1.54, 1.807) is 6.07 Å². The quantitative estimate of drug-likeness (QED) is 0.741. The van der Waals surface area contributed by atoms with Crippen molar-refractivity contribution in [3.05, 3.63) is 29.6 Å². The van der Waals surface area contributed by atoms with Gasteiger partial charge in [-0.2, -0.15) is 5.26 Å². The fourth-order valence-electron chi connectivity index (χ4n) is 2.10. The summed E-state index contributed by atoms with van der Waals surface area (Å²) in [6, 6.07) is 6.95. The highest BCUT2D eigenvalue weighted by Gasteiger charge is 2.21. The molecule has 1 aromatic carbocycles. The lowest BCUT2D eigenvalue weighted by molar-refractivity contribution is 0.234. The summed E-state index contributed by atoms with van der Waals surface area (Å²) in [6.07, 6.45) is 0. The molecule has 3 nitrogen and oxygen atoms in total. The molecular weight excluding hydrogens is 217 g/mol. The SMILES string of the molecule is CC1CN(c2cc(F)cc(C#N)c2)CCN1C. The van der Waals surface area contributed by atoms with Crippen molar-refractivity contribution in [3.8, 4) is 6.07 Å². The number of halogens is 1. The molecule has 4 heteroatoms. The molecule has 0 aromatic heterocycles. The molecule has 1 heterocycles. The molecule has 17 heavy (non-hydrogen) atoms. The second-order valence-electron chi connectivity index (χ2n) is 4.59. The summed E-state index contributed by atoms with van der Waals surface area (Å²) in [6.45, 7) is 4.84. The van der Waals surface area contributed by atoms with Crippen LogP contribution in [0.2, 0.25) is 0 Å². The van der Waals surface area contributed by atoms with Gasteiger partial charge in [0, 0.05) is 31.4 Å². The lowest BCUT2D eigenvalue weighted by Crippen LogP contribution is -2.50. The molecule has 0 N–H and O–H groups in total. The standard InChI is InChI=1S/C13H16FN3/c1-10-9-17(4-3-16(10)2)13-6-11(8-15)5-12(14)7-13/h5-7,10H,3-4,9H2,1-2H3. The zero-order chi connectivity index (χ0) is 12.4. The Morgan fingerprint density at radius 2 is 2.12 bits per heavy atom. The summed E-state index contributed by atoms with van der Waals surface area (Å²) >= 11 is 0. The van der Waals surface area contributed by atoms with E-state index in [-0.39, 0.29) is 5.82 Å². The Labute approximate surface area is 101 Å². The van der Waals surface area contributed by atoms with Gasteiger partial charge in [0.2, 0.25) is 0 Å². The maximum atomic E-state index is 13.4. The summed E-state index contributed by atoms with van der Waals surface area (Å²) in [7, 11) is 2.09. The second-order valence-corrected chi connectivity index (χ2v) is 4.59. The van der Waals surface area contributed by atoms with E-state index < -0.39 is 0 Å². The van der Waals surface area contributed by atoms with Gasteiger partial charge < -0.3 is 9.80 Å². The number of likely N-dealkylation sites (N-methyl/N-ethyl adjacent to an activating group) is 1. The summed E-state index contributed by atoms with van der Waals surface area (Å²) in [5, 5.41) is 8.84. The van der Waals surface area contributed by atoms with E-state index in [0.717, 1.165) is 25.3 Å². The molecule has 1 atom stereocenters. The van der Waals surface area contributed by atoms with Gasteiger partial charge in [-0.25, -0.2) is 4.39 Å². The van der Waals surface area contributed by atoms with Crippen LogP contribution in [0.3, 0.4) is 0 Å². The van der Waals surface area contributed by atoms with Crippen molar-refractivity contribution >= 4 is 5.69 Å². The summed E-state index contributed by atoms with van der Waals surface area (Å²) in [5.74, 6) is -0.342. The highest BCUT2D eigenvalue weighted by atomic mass is 19.1. The van der Waals surface area contributed by atoms with Crippen LogP contribution < -0.4 is 4.90 Å². The Hall–Kier alpha value is -1.60. The molecule has 1 fully saturated rings.